The zero-order valence-corrected chi connectivity index (χ0v) is 29.7. The van der Waals surface area contributed by atoms with Crippen molar-refractivity contribution in [3.63, 3.8) is 0 Å². The first-order valence-electron chi connectivity index (χ1n) is 16.7. The van der Waals surface area contributed by atoms with Gasteiger partial charge < -0.3 is 4.74 Å². The minimum atomic E-state index is -0.870. The van der Waals surface area contributed by atoms with Crippen LogP contribution in [-0.4, -0.2) is 9.97 Å². The zero-order valence-electron chi connectivity index (χ0n) is 27.4. The molecule has 51 heavy (non-hydrogen) atoms. The summed E-state index contributed by atoms with van der Waals surface area (Å²) in [5, 5.41) is 0. The SMILES string of the molecule is [Pt+2].[c-]1cc(-c2ccccc2)ccc1-c1cccc(C2(c3cccc(-c4[c-]cc(-c5ccccc5)cc4)n3)c3ccccc3Oc3ccccc32)n1. The number of pyridine rings is 2. The second kappa shape index (κ2) is 13.8. The van der Waals surface area contributed by atoms with Gasteiger partial charge in [0.1, 0.15) is 16.9 Å². The van der Waals surface area contributed by atoms with Crippen LogP contribution in [0.15, 0.2) is 182 Å². The summed E-state index contributed by atoms with van der Waals surface area (Å²) >= 11 is 0. The molecule has 0 N–H and O–H groups in total. The molecule has 4 heteroatoms. The van der Waals surface area contributed by atoms with E-state index < -0.39 is 5.41 Å². The fraction of sp³-hybridized carbons (Fsp3) is 0.0213. The summed E-state index contributed by atoms with van der Waals surface area (Å²) in [7, 11) is 0. The Kier molecular flexibility index (Phi) is 8.74. The van der Waals surface area contributed by atoms with Gasteiger partial charge in [-0.15, -0.1) is 59.7 Å². The van der Waals surface area contributed by atoms with E-state index in [-0.39, 0.29) is 21.1 Å². The van der Waals surface area contributed by atoms with Crippen molar-refractivity contribution in [2.75, 3.05) is 0 Å². The van der Waals surface area contributed by atoms with Crippen LogP contribution >= 0.6 is 0 Å². The zero-order chi connectivity index (χ0) is 33.3. The van der Waals surface area contributed by atoms with Gasteiger partial charge in [-0.3, -0.25) is 9.97 Å². The van der Waals surface area contributed by atoms with Gasteiger partial charge in [0.15, 0.2) is 0 Å². The van der Waals surface area contributed by atoms with E-state index in [2.05, 4.69) is 146 Å². The molecule has 1 aliphatic heterocycles. The molecule has 0 atom stereocenters. The van der Waals surface area contributed by atoms with Crippen molar-refractivity contribution >= 4 is 0 Å². The fourth-order valence-corrected chi connectivity index (χ4v) is 7.05. The van der Waals surface area contributed by atoms with Crippen molar-refractivity contribution < 1.29 is 25.8 Å². The molecule has 6 aromatic carbocycles. The molecule has 3 nitrogen and oxygen atoms in total. The molecule has 0 aliphatic carbocycles. The van der Waals surface area contributed by atoms with E-state index in [0.717, 1.165) is 78.8 Å². The Bertz CT molecular complexity index is 2270. The van der Waals surface area contributed by atoms with E-state index in [1.807, 2.05) is 48.5 Å². The number of fused-ring (bicyclic) bond motifs is 2. The third kappa shape index (κ3) is 5.80. The van der Waals surface area contributed by atoms with Crippen LogP contribution in [0.25, 0.3) is 44.8 Å². The fourth-order valence-electron chi connectivity index (χ4n) is 7.05. The number of hydrogen-bond donors (Lipinski definition) is 0. The molecule has 9 rings (SSSR count). The monoisotopic (exact) mass is 833 g/mol. The minimum absolute atomic E-state index is 0. The number of aromatic nitrogens is 2. The van der Waals surface area contributed by atoms with Gasteiger partial charge in [-0.2, -0.15) is 0 Å². The number of para-hydroxylation sites is 2. The maximum atomic E-state index is 6.55. The van der Waals surface area contributed by atoms with Gasteiger partial charge >= 0.3 is 21.1 Å². The number of ether oxygens (including phenoxy) is 1. The average molecular weight is 834 g/mol. The molecule has 0 unspecified atom stereocenters. The smallest absolute Gasteiger partial charge is 0.457 e. The van der Waals surface area contributed by atoms with Crippen molar-refractivity contribution in [3.05, 3.63) is 217 Å². The number of nitrogens with zero attached hydrogens (tertiary/aromatic N) is 2. The summed E-state index contributed by atoms with van der Waals surface area (Å²) in [6.07, 6.45) is 0. The predicted molar refractivity (Wildman–Crippen MR) is 200 cm³/mol. The minimum Gasteiger partial charge on any atom is -0.457 e. The average Bonchev–Trinajstić information content (AvgIpc) is 3.21. The first kappa shape index (κ1) is 32.3. The Hall–Kier alpha value is -5.89. The van der Waals surface area contributed by atoms with Crippen molar-refractivity contribution in [1.29, 1.82) is 0 Å². The van der Waals surface area contributed by atoms with Gasteiger partial charge in [0.05, 0.1) is 11.4 Å². The van der Waals surface area contributed by atoms with Gasteiger partial charge in [0.25, 0.3) is 0 Å². The predicted octanol–water partition coefficient (Wildman–Crippen LogP) is 11.2. The third-order valence-electron chi connectivity index (χ3n) is 9.46. The third-order valence-corrected chi connectivity index (χ3v) is 9.46. The molecule has 1 aliphatic rings. The normalized spacial score (nSPS) is 12.5. The van der Waals surface area contributed by atoms with Crippen LogP contribution in [0.2, 0.25) is 0 Å². The summed E-state index contributed by atoms with van der Waals surface area (Å²) in [5.74, 6) is 1.56. The molecule has 0 fully saturated rings. The first-order valence-corrected chi connectivity index (χ1v) is 16.7. The van der Waals surface area contributed by atoms with Crippen molar-refractivity contribution in [2.45, 2.75) is 5.41 Å². The summed E-state index contributed by atoms with van der Waals surface area (Å²) in [6.45, 7) is 0. The van der Waals surface area contributed by atoms with Gasteiger partial charge in [-0.1, -0.05) is 144 Å². The summed E-state index contributed by atoms with van der Waals surface area (Å²) in [5.41, 5.74) is 10.9. The molecule has 0 amide bonds. The van der Waals surface area contributed by atoms with Crippen LogP contribution in [-0.2, 0) is 26.5 Å². The first-order chi connectivity index (χ1) is 24.8. The van der Waals surface area contributed by atoms with Gasteiger partial charge in [-0.05, 0) is 35.7 Å². The van der Waals surface area contributed by atoms with Gasteiger partial charge in [-0.25, -0.2) is 0 Å². The second-order valence-corrected chi connectivity index (χ2v) is 12.4. The molecule has 0 bridgehead atoms. The van der Waals surface area contributed by atoms with E-state index in [1.54, 1.807) is 0 Å². The Morgan fingerprint density at radius 1 is 0.392 bits per heavy atom. The summed E-state index contributed by atoms with van der Waals surface area (Å²) in [6, 6.07) is 69.2. The Balaban J connectivity index is 0.00000374. The largest absolute Gasteiger partial charge is 2.00 e. The van der Waals surface area contributed by atoms with Crippen LogP contribution in [0.1, 0.15) is 22.5 Å². The molecular formula is C47H30N2OPt. The topological polar surface area (TPSA) is 35.0 Å². The van der Waals surface area contributed by atoms with E-state index in [1.165, 1.54) is 0 Å². The molecule has 0 radical (unpaired) electrons. The second-order valence-electron chi connectivity index (χ2n) is 12.4. The molecule has 2 aromatic heterocycles. The molecule has 244 valence electrons. The number of rotatable bonds is 6. The van der Waals surface area contributed by atoms with E-state index in [0.29, 0.717) is 0 Å². The quantitative estimate of drug-likeness (QED) is 0.157. The summed E-state index contributed by atoms with van der Waals surface area (Å²) < 4.78 is 6.55. The van der Waals surface area contributed by atoms with Gasteiger partial charge in [0, 0.05) is 11.1 Å². The molecule has 0 saturated carbocycles. The van der Waals surface area contributed by atoms with E-state index >= 15 is 0 Å². The van der Waals surface area contributed by atoms with Crippen LogP contribution in [0, 0.1) is 12.1 Å². The number of hydrogen-bond acceptors (Lipinski definition) is 3. The van der Waals surface area contributed by atoms with Crippen LogP contribution in [0.5, 0.6) is 11.5 Å². The van der Waals surface area contributed by atoms with Crippen molar-refractivity contribution in [3.8, 4) is 56.3 Å². The molecule has 8 aromatic rings. The van der Waals surface area contributed by atoms with Crippen molar-refractivity contribution in [1.82, 2.24) is 9.97 Å². The molecular weight excluding hydrogens is 804 g/mol. The van der Waals surface area contributed by atoms with E-state index in [9.17, 15) is 0 Å². The molecule has 0 spiro atoms. The Morgan fingerprint density at radius 2 is 0.824 bits per heavy atom. The number of benzene rings is 6. The van der Waals surface area contributed by atoms with Crippen LogP contribution in [0.3, 0.4) is 0 Å². The maximum absolute atomic E-state index is 6.55. The van der Waals surface area contributed by atoms with Gasteiger partial charge in [0.2, 0.25) is 0 Å². The Morgan fingerprint density at radius 3 is 1.25 bits per heavy atom. The maximum Gasteiger partial charge on any atom is 2.00 e. The summed E-state index contributed by atoms with van der Waals surface area (Å²) in [4.78, 5) is 10.9. The Labute approximate surface area is 312 Å². The van der Waals surface area contributed by atoms with Crippen LogP contribution < -0.4 is 4.74 Å². The molecule has 0 saturated heterocycles. The standard InChI is InChI=1S/C47H30N2O.Pt/c1-3-13-33(14-4-1)35-25-29-37(30-26-35)41-19-11-23-45(48-41)47(39-17-7-9-21-43(39)50-44-22-10-8-18-40(44)47)46-24-12-20-42(49-46)38-31-27-36(28-32-38)34-15-5-2-6-16-34;/h1-29,31H;/q-2;+2. The van der Waals surface area contributed by atoms with Crippen LogP contribution in [0.4, 0.5) is 0 Å². The van der Waals surface area contributed by atoms with Crippen molar-refractivity contribution in [2.24, 2.45) is 0 Å². The van der Waals surface area contributed by atoms with E-state index in [4.69, 9.17) is 14.7 Å². The molecule has 3 heterocycles.